The molecule has 136 valence electrons. The predicted octanol–water partition coefficient (Wildman–Crippen LogP) is 3.80. The number of carboxylic acid groups (broad SMARTS) is 1. The fourth-order valence-electron chi connectivity index (χ4n) is 3.08. The lowest BCUT2D eigenvalue weighted by Crippen LogP contribution is -2.24. The van der Waals surface area contributed by atoms with Gasteiger partial charge in [-0.25, -0.2) is 13.7 Å². The summed E-state index contributed by atoms with van der Waals surface area (Å²) in [6.07, 6.45) is 1.54. The van der Waals surface area contributed by atoms with E-state index in [0.29, 0.717) is 23.4 Å². The number of carboxylic acids is 1. The Kier molecular flexibility index (Phi) is 4.58. The van der Waals surface area contributed by atoms with Crippen LogP contribution < -0.4 is 5.56 Å². The molecule has 0 fully saturated rings. The highest BCUT2D eigenvalue weighted by Gasteiger charge is 2.25. The van der Waals surface area contributed by atoms with Gasteiger partial charge in [-0.2, -0.15) is 5.10 Å². The molecule has 1 N–H and O–H groups in total. The first-order valence-electron chi connectivity index (χ1n) is 8.11. The van der Waals surface area contributed by atoms with Gasteiger partial charge in [-0.05, 0) is 25.0 Å². The highest BCUT2D eigenvalue weighted by Crippen LogP contribution is 2.27. The molecule has 1 aromatic carbocycles. The summed E-state index contributed by atoms with van der Waals surface area (Å²) in [5.74, 6) is -2.00. The number of rotatable bonds is 4. The van der Waals surface area contributed by atoms with Crippen molar-refractivity contribution in [3.63, 3.8) is 0 Å². The fourth-order valence-corrected chi connectivity index (χ4v) is 3.20. The smallest absolute Gasteiger partial charge is 0.356 e. The molecule has 2 heterocycles. The van der Waals surface area contributed by atoms with E-state index in [1.54, 1.807) is 19.2 Å². The zero-order valence-corrected chi connectivity index (χ0v) is 15.2. The molecule has 0 aliphatic heterocycles. The van der Waals surface area contributed by atoms with Gasteiger partial charge in [0.2, 0.25) is 0 Å². The highest BCUT2D eigenvalue weighted by molar-refractivity contribution is 6.30. The lowest BCUT2D eigenvalue weighted by atomic mass is 10.0. The topological polar surface area (TPSA) is 76.6 Å². The van der Waals surface area contributed by atoms with Crippen LogP contribution in [-0.2, 0) is 6.54 Å². The maximum Gasteiger partial charge on any atom is 0.356 e. The second-order valence-corrected chi connectivity index (χ2v) is 6.62. The Morgan fingerprint density at radius 1 is 1.38 bits per heavy atom. The van der Waals surface area contributed by atoms with Crippen LogP contribution in [0.15, 0.2) is 29.2 Å². The molecule has 6 nitrogen and oxygen atoms in total. The molecule has 0 spiro atoms. The summed E-state index contributed by atoms with van der Waals surface area (Å²) >= 11 is 5.74. The van der Waals surface area contributed by atoms with Crippen molar-refractivity contribution >= 4 is 23.1 Å². The van der Waals surface area contributed by atoms with Crippen molar-refractivity contribution in [1.82, 2.24) is 14.2 Å². The normalized spacial score (nSPS) is 11.5. The third kappa shape index (κ3) is 2.78. The lowest BCUT2D eigenvalue weighted by Gasteiger charge is -2.13. The Morgan fingerprint density at radius 3 is 2.62 bits per heavy atom. The van der Waals surface area contributed by atoms with Crippen LogP contribution in [-0.4, -0.2) is 25.3 Å². The second kappa shape index (κ2) is 6.57. The van der Waals surface area contributed by atoms with Crippen LogP contribution in [0, 0.1) is 5.82 Å². The molecule has 8 heteroatoms. The number of benzene rings is 1. The maximum absolute atomic E-state index is 13.9. The van der Waals surface area contributed by atoms with Gasteiger partial charge < -0.3 is 9.67 Å². The van der Waals surface area contributed by atoms with Gasteiger partial charge in [0.15, 0.2) is 5.69 Å². The first kappa shape index (κ1) is 18.1. The van der Waals surface area contributed by atoms with Crippen molar-refractivity contribution in [3.8, 4) is 11.3 Å². The van der Waals surface area contributed by atoms with E-state index in [1.807, 2.05) is 13.8 Å². The molecule has 0 saturated carbocycles. The van der Waals surface area contributed by atoms with Crippen LogP contribution in [0.2, 0.25) is 5.02 Å². The molecule has 3 aromatic rings. The Hall–Kier alpha value is -2.67. The average molecular weight is 378 g/mol. The van der Waals surface area contributed by atoms with Crippen molar-refractivity contribution in [1.29, 1.82) is 0 Å². The van der Waals surface area contributed by atoms with E-state index >= 15 is 0 Å². The molecule has 2 aromatic heterocycles. The van der Waals surface area contributed by atoms with Crippen LogP contribution in [0.1, 0.15) is 42.7 Å². The number of hydrogen-bond donors (Lipinski definition) is 1. The van der Waals surface area contributed by atoms with E-state index in [1.165, 1.54) is 21.2 Å². The van der Waals surface area contributed by atoms with Crippen LogP contribution in [0.25, 0.3) is 16.8 Å². The monoisotopic (exact) mass is 377 g/mol. The van der Waals surface area contributed by atoms with Gasteiger partial charge in [-0.15, -0.1) is 0 Å². The van der Waals surface area contributed by atoms with E-state index in [0.717, 1.165) is 0 Å². The van der Waals surface area contributed by atoms with E-state index < -0.39 is 11.8 Å². The fraction of sp³-hybridized carbons (Fsp3) is 0.278. The molecule has 0 aliphatic carbocycles. The minimum Gasteiger partial charge on any atom is -0.476 e. The molecule has 0 radical (unpaired) electrons. The molecular weight excluding hydrogens is 361 g/mol. The van der Waals surface area contributed by atoms with Gasteiger partial charge in [0.1, 0.15) is 11.3 Å². The second-order valence-electron chi connectivity index (χ2n) is 6.21. The number of halogens is 2. The summed E-state index contributed by atoms with van der Waals surface area (Å²) in [4.78, 5) is 24.6. The van der Waals surface area contributed by atoms with Gasteiger partial charge in [0, 0.05) is 17.7 Å². The van der Waals surface area contributed by atoms with Crippen molar-refractivity contribution in [3.05, 3.63) is 56.8 Å². The zero-order valence-electron chi connectivity index (χ0n) is 14.5. The van der Waals surface area contributed by atoms with Gasteiger partial charge >= 0.3 is 5.97 Å². The van der Waals surface area contributed by atoms with Crippen molar-refractivity contribution in [2.75, 3.05) is 0 Å². The quantitative estimate of drug-likeness (QED) is 0.750. The van der Waals surface area contributed by atoms with Crippen LogP contribution in [0.3, 0.4) is 0 Å². The molecular formula is C18H17ClFN3O3. The first-order chi connectivity index (χ1) is 12.3. The van der Waals surface area contributed by atoms with Crippen molar-refractivity contribution < 1.29 is 14.3 Å². The minimum absolute atomic E-state index is 0.0189. The molecule has 0 unspecified atom stereocenters. The van der Waals surface area contributed by atoms with Crippen LogP contribution in [0.4, 0.5) is 4.39 Å². The van der Waals surface area contributed by atoms with Crippen molar-refractivity contribution in [2.24, 2.45) is 0 Å². The van der Waals surface area contributed by atoms with E-state index in [-0.39, 0.29) is 27.7 Å². The van der Waals surface area contributed by atoms with Gasteiger partial charge in [0.05, 0.1) is 16.9 Å². The molecule has 26 heavy (non-hydrogen) atoms. The zero-order chi connectivity index (χ0) is 19.2. The number of nitrogens with zero attached hydrogens (tertiary/aromatic N) is 3. The molecule has 0 aliphatic rings. The summed E-state index contributed by atoms with van der Waals surface area (Å²) in [6.45, 7) is 5.74. The SMILES string of the molecule is CCn1c(-c2ccc(Cl)c(F)c2)cn2nc(C(=O)O)c(C(C)C)c2c1=O. The number of fused-ring (bicyclic) bond motifs is 1. The van der Waals surface area contributed by atoms with Crippen LogP contribution in [0.5, 0.6) is 0 Å². The minimum atomic E-state index is -1.20. The summed E-state index contributed by atoms with van der Waals surface area (Å²) in [6, 6.07) is 4.25. The van der Waals surface area contributed by atoms with E-state index in [4.69, 9.17) is 11.6 Å². The van der Waals surface area contributed by atoms with Gasteiger partial charge in [-0.3, -0.25) is 4.79 Å². The average Bonchev–Trinajstić information content (AvgIpc) is 2.97. The Bertz CT molecular complexity index is 1090. The predicted molar refractivity (Wildman–Crippen MR) is 96.6 cm³/mol. The van der Waals surface area contributed by atoms with Gasteiger partial charge in [-0.1, -0.05) is 31.5 Å². The first-order valence-corrected chi connectivity index (χ1v) is 8.48. The molecule has 0 amide bonds. The van der Waals surface area contributed by atoms with Crippen LogP contribution >= 0.6 is 11.6 Å². The maximum atomic E-state index is 13.9. The molecule has 0 atom stereocenters. The van der Waals surface area contributed by atoms with E-state index in [2.05, 4.69) is 5.10 Å². The number of aromatic nitrogens is 3. The summed E-state index contributed by atoms with van der Waals surface area (Å²) in [5, 5.41) is 13.5. The van der Waals surface area contributed by atoms with E-state index in [9.17, 15) is 19.1 Å². The summed E-state index contributed by atoms with van der Waals surface area (Å²) < 4.78 is 16.6. The van der Waals surface area contributed by atoms with Gasteiger partial charge in [0.25, 0.3) is 5.56 Å². The number of carbonyl (C=O) groups is 1. The number of aromatic carboxylic acids is 1. The molecule has 3 rings (SSSR count). The Morgan fingerprint density at radius 2 is 2.08 bits per heavy atom. The summed E-state index contributed by atoms with van der Waals surface area (Å²) in [5.41, 5.74) is 0.959. The molecule has 0 saturated heterocycles. The highest BCUT2D eigenvalue weighted by atomic mass is 35.5. The Labute approximate surface area is 153 Å². The third-order valence-corrected chi connectivity index (χ3v) is 4.55. The largest absolute Gasteiger partial charge is 0.476 e. The summed E-state index contributed by atoms with van der Waals surface area (Å²) in [7, 11) is 0. The Balaban J connectivity index is 2.42. The number of hydrogen-bond acceptors (Lipinski definition) is 3. The lowest BCUT2D eigenvalue weighted by molar-refractivity contribution is 0.0688. The third-order valence-electron chi connectivity index (χ3n) is 4.24. The standard InChI is InChI=1S/C18H17ClFN3O3/c1-4-22-13(10-5-6-11(19)12(20)7-10)8-23-16(17(22)24)14(9(2)3)15(21-23)18(25)26/h5-9H,4H2,1-3H3,(H,25,26). The molecule has 0 bridgehead atoms. The van der Waals surface area contributed by atoms with Crippen molar-refractivity contribution in [2.45, 2.75) is 33.2 Å².